The van der Waals surface area contributed by atoms with Gasteiger partial charge in [0.2, 0.25) is 0 Å². The maximum absolute atomic E-state index is 12.9. The third-order valence-corrected chi connectivity index (χ3v) is 6.93. The zero-order chi connectivity index (χ0) is 21.1. The molecule has 3 heterocycles. The Bertz CT molecular complexity index is 834. The van der Waals surface area contributed by atoms with E-state index >= 15 is 0 Å². The first-order valence-corrected chi connectivity index (χ1v) is 11.0. The summed E-state index contributed by atoms with van der Waals surface area (Å²) in [5.41, 5.74) is 1.31. The number of aryl methyl sites for hydroxylation is 1. The maximum atomic E-state index is 12.9. The van der Waals surface area contributed by atoms with Crippen molar-refractivity contribution in [3.05, 3.63) is 59.7 Å². The van der Waals surface area contributed by atoms with Gasteiger partial charge in [-0.1, -0.05) is 25.3 Å². The van der Waals surface area contributed by atoms with E-state index in [1.807, 2.05) is 18.5 Å². The summed E-state index contributed by atoms with van der Waals surface area (Å²) in [5.74, 6) is 0. The third-order valence-electron chi connectivity index (χ3n) is 6.93. The number of nitrogens with zero attached hydrogens (tertiary/aromatic N) is 2. The van der Waals surface area contributed by atoms with E-state index in [2.05, 4.69) is 16.0 Å². The summed E-state index contributed by atoms with van der Waals surface area (Å²) in [6, 6.07) is 5.41. The molecule has 0 aromatic carbocycles. The summed E-state index contributed by atoms with van der Waals surface area (Å²) in [7, 11) is 0. The van der Waals surface area contributed by atoms with E-state index in [-0.39, 0.29) is 11.0 Å². The van der Waals surface area contributed by atoms with Gasteiger partial charge in [-0.05, 0) is 68.2 Å². The normalized spacial score (nSPS) is 23.7. The second-order valence-corrected chi connectivity index (χ2v) is 8.97. The van der Waals surface area contributed by atoms with Gasteiger partial charge in [0.25, 0.3) is 0 Å². The molecule has 2 aromatic heterocycles. The van der Waals surface area contributed by atoms with Crippen LogP contribution in [0.4, 0.5) is 13.2 Å². The van der Waals surface area contributed by atoms with E-state index in [0.717, 1.165) is 57.7 Å². The van der Waals surface area contributed by atoms with Crippen molar-refractivity contribution in [3.8, 4) is 0 Å². The van der Waals surface area contributed by atoms with Crippen LogP contribution in [0.15, 0.2) is 43.0 Å². The number of pyridine rings is 2. The summed E-state index contributed by atoms with van der Waals surface area (Å²) in [6.07, 6.45) is 12.0. The molecular weight excluding hydrogens is 389 g/mol. The Balaban J connectivity index is 1.43. The van der Waals surface area contributed by atoms with Gasteiger partial charge in [0, 0.05) is 36.8 Å². The molecule has 0 unspecified atom stereocenters. The molecule has 0 radical (unpaired) electrons. The van der Waals surface area contributed by atoms with Crippen LogP contribution in [0, 0.1) is 0 Å². The van der Waals surface area contributed by atoms with Crippen molar-refractivity contribution in [2.75, 3.05) is 6.61 Å². The van der Waals surface area contributed by atoms with Gasteiger partial charge in [-0.25, -0.2) is 0 Å². The average Bonchev–Trinajstić information content (AvgIpc) is 3.19. The molecule has 2 aromatic rings. The molecule has 0 N–H and O–H groups in total. The second kappa shape index (κ2) is 8.66. The summed E-state index contributed by atoms with van der Waals surface area (Å²) < 4.78 is 45.1. The van der Waals surface area contributed by atoms with Crippen LogP contribution >= 0.6 is 0 Å². The number of hydrogen-bond donors (Lipinski definition) is 0. The monoisotopic (exact) mass is 418 g/mol. The Labute approximate surface area is 176 Å². The average molecular weight is 419 g/mol. The highest BCUT2D eigenvalue weighted by atomic mass is 19.4. The minimum absolute atomic E-state index is 0.000941. The number of aromatic nitrogens is 2. The van der Waals surface area contributed by atoms with E-state index in [9.17, 15) is 13.2 Å². The van der Waals surface area contributed by atoms with Gasteiger partial charge in [-0.3, -0.25) is 9.97 Å². The molecule has 1 spiro atoms. The van der Waals surface area contributed by atoms with Crippen molar-refractivity contribution in [3.63, 3.8) is 0 Å². The van der Waals surface area contributed by atoms with Crippen molar-refractivity contribution in [2.45, 2.75) is 81.4 Å². The van der Waals surface area contributed by atoms with Crippen LogP contribution in [0.3, 0.4) is 0 Å². The Hall–Kier alpha value is -1.95. The molecule has 3 nitrogen and oxygen atoms in total. The summed E-state index contributed by atoms with van der Waals surface area (Å²) in [6.45, 7) is 0.770. The number of halogens is 3. The molecule has 2 aliphatic rings. The van der Waals surface area contributed by atoms with Crippen molar-refractivity contribution < 1.29 is 17.9 Å². The van der Waals surface area contributed by atoms with Gasteiger partial charge in [0.1, 0.15) is 0 Å². The van der Waals surface area contributed by atoms with Crippen LogP contribution in [-0.2, 0) is 22.7 Å². The molecule has 6 heteroatoms. The van der Waals surface area contributed by atoms with E-state index in [0.29, 0.717) is 12.0 Å². The Kier molecular flexibility index (Phi) is 6.14. The number of ether oxygens (including phenoxy) is 1. The minimum atomic E-state index is -4.34. The zero-order valence-corrected chi connectivity index (χ0v) is 17.3. The standard InChI is InChI=1S/C24H29F3N2O/c25-24(26,27)21-14-19(15-29-17-21)6-1-2-8-22(20-7-5-12-28-16-20)11-13-30-23(18-22)9-3-4-10-23/h5,7,12,14-17H,1-4,6,8-11,13,18H2/t22-/m1/s1. The fourth-order valence-electron chi connectivity index (χ4n) is 5.41. The first kappa shape index (κ1) is 21.3. The molecule has 0 bridgehead atoms. The van der Waals surface area contributed by atoms with Gasteiger partial charge in [-0.15, -0.1) is 0 Å². The summed E-state index contributed by atoms with van der Waals surface area (Å²) >= 11 is 0. The Morgan fingerprint density at radius 3 is 2.57 bits per heavy atom. The maximum Gasteiger partial charge on any atom is 0.417 e. The molecule has 4 rings (SSSR count). The first-order valence-electron chi connectivity index (χ1n) is 11.0. The highest BCUT2D eigenvalue weighted by Crippen LogP contribution is 2.50. The highest BCUT2D eigenvalue weighted by molar-refractivity contribution is 5.25. The van der Waals surface area contributed by atoms with Crippen molar-refractivity contribution in [2.24, 2.45) is 0 Å². The lowest BCUT2D eigenvalue weighted by Crippen LogP contribution is -2.46. The molecule has 1 aliphatic carbocycles. The fraction of sp³-hybridized carbons (Fsp3) is 0.583. The first-order chi connectivity index (χ1) is 14.4. The lowest BCUT2D eigenvalue weighted by molar-refractivity contribution is -0.137. The second-order valence-electron chi connectivity index (χ2n) is 8.97. The lowest BCUT2D eigenvalue weighted by atomic mass is 9.66. The molecule has 30 heavy (non-hydrogen) atoms. The number of hydrogen-bond acceptors (Lipinski definition) is 3. The van der Waals surface area contributed by atoms with Crippen LogP contribution in [0.25, 0.3) is 0 Å². The van der Waals surface area contributed by atoms with Gasteiger partial charge < -0.3 is 4.74 Å². The van der Waals surface area contributed by atoms with E-state index < -0.39 is 11.7 Å². The van der Waals surface area contributed by atoms with Crippen molar-refractivity contribution in [1.82, 2.24) is 9.97 Å². The topological polar surface area (TPSA) is 35.0 Å². The van der Waals surface area contributed by atoms with Crippen LogP contribution in [0.2, 0.25) is 0 Å². The number of alkyl halides is 3. The minimum Gasteiger partial charge on any atom is -0.375 e. The largest absolute Gasteiger partial charge is 0.417 e. The van der Waals surface area contributed by atoms with E-state index in [1.54, 1.807) is 6.20 Å². The lowest BCUT2D eigenvalue weighted by Gasteiger charge is -2.47. The number of unbranched alkanes of at least 4 members (excludes halogenated alkanes) is 1. The zero-order valence-electron chi connectivity index (χ0n) is 17.3. The molecule has 1 saturated heterocycles. The molecule has 0 amide bonds. The van der Waals surface area contributed by atoms with Gasteiger partial charge >= 0.3 is 6.18 Å². The SMILES string of the molecule is FC(F)(F)c1cncc(CCCC[C@@]2(c3cccnc3)CCOC3(CCCC3)C2)c1. The van der Waals surface area contributed by atoms with Crippen molar-refractivity contribution >= 4 is 0 Å². The van der Waals surface area contributed by atoms with Gasteiger partial charge in [0.05, 0.1) is 11.2 Å². The quantitative estimate of drug-likeness (QED) is 0.519. The molecule has 1 atom stereocenters. The predicted octanol–water partition coefficient (Wildman–Crippen LogP) is 6.27. The highest BCUT2D eigenvalue weighted by Gasteiger charge is 2.47. The Morgan fingerprint density at radius 2 is 1.83 bits per heavy atom. The predicted molar refractivity (Wildman–Crippen MR) is 109 cm³/mol. The van der Waals surface area contributed by atoms with Crippen LogP contribution < -0.4 is 0 Å². The molecule has 1 saturated carbocycles. The molecule has 162 valence electrons. The van der Waals surface area contributed by atoms with E-state index in [4.69, 9.17) is 4.74 Å². The molecule has 1 aliphatic heterocycles. The van der Waals surface area contributed by atoms with Gasteiger partial charge in [-0.2, -0.15) is 13.2 Å². The summed E-state index contributed by atoms with van der Waals surface area (Å²) in [5, 5.41) is 0. The van der Waals surface area contributed by atoms with Crippen LogP contribution in [0.5, 0.6) is 0 Å². The fourth-order valence-corrected chi connectivity index (χ4v) is 5.41. The summed E-state index contributed by atoms with van der Waals surface area (Å²) in [4.78, 5) is 8.16. The van der Waals surface area contributed by atoms with Crippen LogP contribution in [0.1, 0.15) is 74.5 Å². The molecule has 2 fully saturated rings. The number of rotatable bonds is 6. The van der Waals surface area contributed by atoms with Crippen molar-refractivity contribution in [1.29, 1.82) is 0 Å². The smallest absolute Gasteiger partial charge is 0.375 e. The van der Waals surface area contributed by atoms with Crippen LogP contribution in [-0.4, -0.2) is 22.2 Å². The molecular formula is C24H29F3N2O. The van der Waals surface area contributed by atoms with Gasteiger partial charge in [0.15, 0.2) is 0 Å². The third kappa shape index (κ3) is 4.69. The Morgan fingerprint density at radius 1 is 1.00 bits per heavy atom. The van der Waals surface area contributed by atoms with E-state index in [1.165, 1.54) is 24.5 Å².